The first-order chi connectivity index (χ1) is 9.40. The number of ether oxygens (including phenoxy) is 1. The number of rotatable bonds is 7. The molecule has 0 radical (unpaired) electrons. The molecule has 1 aromatic heterocycles. The third-order valence-corrected chi connectivity index (χ3v) is 3.73. The Morgan fingerprint density at radius 1 is 1.26 bits per heavy atom. The topological polar surface area (TPSA) is 37.4 Å². The van der Waals surface area contributed by atoms with Gasteiger partial charge in [-0.3, -0.25) is 4.98 Å². The molecule has 0 amide bonds. The fourth-order valence-corrected chi connectivity index (χ4v) is 2.57. The Labute approximate surface area is 116 Å². The van der Waals surface area contributed by atoms with E-state index in [4.69, 9.17) is 4.74 Å². The first kappa shape index (κ1) is 14.3. The summed E-state index contributed by atoms with van der Waals surface area (Å²) in [6.45, 7) is 4.27. The van der Waals surface area contributed by atoms with Crippen molar-refractivity contribution < 1.29 is 4.74 Å². The SMILES string of the molecule is COCCCCNC1CCN(c2ccncc2)CC1. The van der Waals surface area contributed by atoms with Gasteiger partial charge in [0.25, 0.3) is 0 Å². The van der Waals surface area contributed by atoms with E-state index in [2.05, 4.69) is 27.3 Å². The van der Waals surface area contributed by atoms with E-state index in [1.807, 2.05) is 12.4 Å². The maximum Gasteiger partial charge on any atom is 0.0462 e. The molecular formula is C15H25N3O. The van der Waals surface area contributed by atoms with Crippen molar-refractivity contribution >= 4 is 5.69 Å². The van der Waals surface area contributed by atoms with Gasteiger partial charge in [-0.25, -0.2) is 0 Å². The van der Waals surface area contributed by atoms with E-state index in [0.717, 1.165) is 32.7 Å². The summed E-state index contributed by atoms with van der Waals surface area (Å²) in [6, 6.07) is 4.87. The van der Waals surface area contributed by atoms with Gasteiger partial charge < -0.3 is 15.0 Å². The number of nitrogens with zero attached hydrogens (tertiary/aromatic N) is 2. The van der Waals surface area contributed by atoms with Crippen LogP contribution in [-0.4, -0.2) is 44.4 Å². The zero-order valence-electron chi connectivity index (χ0n) is 11.8. The van der Waals surface area contributed by atoms with Crippen molar-refractivity contribution in [3.8, 4) is 0 Å². The van der Waals surface area contributed by atoms with Gasteiger partial charge in [0.1, 0.15) is 0 Å². The summed E-state index contributed by atoms with van der Waals surface area (Å²) in [7, 11) is 1.77. The first-order valence-electron chi connectivity index (χ1n) is 7.27. The molecule has 19 heavy (non-hydrogen) atoms. The quantitative estimate of drug-likeness (QED) is 0.764. The van der Waals surface area contributed by atoms with Crippen LogP contribution < -0.4 is 10.2 Å². The van der Waals surface area contributed by atoms with Crippen LogP contribution in [0.15, 0.2) is 24.5 Å². The number of aromatic nitrogens is 1. The molecule has 106 valence electrons. The summed E-state index contributed by atoms with van der Waals surface area (Å²) in [6.07, 6.45) is 8.56. The van der Waals surface area contributed by atoms with Gasteiger partial charge in [-0.15, -0.1) is 0 Å². The second-order valence-electron chi connectivity index (χ2n) is 5.12. The number of hydrogen-bond acceptors (Lipinski definition) is 4. The molecule has 4 heteroatoms. The van der Waals surface area contributed by atoms with E-state index in [1.165, 1.54) is 24.9 Å². The maximum atomic E-state index is 5.06. The van der Waals surface area contributed by atoms with Crippen LogP contribution in [0, 0.1) is 0 Å². The number of pyridine rings is 1. The Morgan fingerprint density at radius 3 is 2.68 bits per heavy atom. The Bertz CT molecular complexity index is 337. The Morgan fingerprint density at radius 2 is 2.00 bits per heavy atom. The molecular weight excluding hydrogens is 238 g/mol. The summed E-state index contributed by atoms with van der Waals surface area (Å²) < 4.78 is 5.06. The van der Waals surface area contributed by atoms with E-state index in [0.29, 0.717) is 6.04 Å². The Kier molecular flexibility index (Phi) is 6.11. The van der Waals surface area contributed by atoms with E-state index in [-0.39, 0.29) is 0 Å². The average Bonchev–Trinajstić information content (AvgIpc) is 2.49. The van der Waals surface area contributed by atoms with E-state index < -0.39 is 0 Å². The van der Waals surface area contributed by atoms with Gasteiger partial charge >= 0.3 is 0 Å². The van der Waals surface area contributed by atoms with Crippen molar-refractivity contribution in [3.05, 3.63) is 24.5 Å². The van der Waals surface area contributed by atoms with Gasteiger partial charge in [0.05, 0.1) is 0 Å². The fourth-order valence-electron chi connectivity index (χ4n) is 2.57. The number of piperidine rings is 1. The van der Waals surface area contributed by atoms with Crippen LogP contribution in [0.4, 0.5) is 5.69 Å². The molecule has 0 spiro atoms. The average molecular weight is 263 g/mol. The lowest BCUT2D eigenvalue weighted by Crippen LogP contribution is -2.42. The predicted octanol–water partition coefficient (Wildman–Crippen LogP) is 2.07. The van der Waals surface area contributed by atoms with Gasteiger partial charge in [-0.1, -0.05) is 0 Å². The van der Waals surface area contributed by atoms with Crippen LogP contribution in [0.2, 0.25) is 0 Å². The summed E-state index contributed by atoms with van der Waals surface area (Å²) in [5, 5.41) is 3.66. The molecule has 2 heterocycles. The van der Waals surface area contributed by atoms with Crippen LogP contribution in [0.5, 0.6) is 0 Å². The number of methoxy groups -OCH3 is 1. The normalized spacial score (nSPS) is 16.8. The van der Waals surface area contributed by atoms with Crippen molar-refractivity contribution in [1.82, 2.24) is 10.3 Å². The van der Waals surface area contributed by atoms with Gasteiger partial charge in [-0.2, -0.15) is 0 Å². The van der Waals surface area contributed by atoms with Crippen molar-refractivity contribution in [2.75, 3.05) is 38.3 Å². The van der Waals surface area contributed by atoms with Crippen LogP contribution in [0.1, 0.15) is 25.7 Å². The van der Waals surface area contributed by atoms with Crippen molar-refractivity contribution in [3.63, 3.8) is 0 Å². The molecule has 1 saturated heterocycles. The van der Waals surface area contributed by atoms with E-state index >= 15 is 0 Å². The molecule has 1 fully saturated rings. The van der Waals surface area contributed by atoms with Crippen LogP contribution in [-0.2, 0) is 4.74 Å². The number of unbranched alkanes of at least 4 members (excludes halogenated alkanes) is 1. The summed E-state index contributed by atoms with van der Waals surface area (Å²) >= 11 is 0. The Balaban J connectivity index is 1.63. The lowest BCUT2D eigenvalue weighted by atomic mass is 10.0. The Hall–Kier alpha value is -1.13. The molecule has 0 atom stereocenters. The van der Waals surface area contributed by atoms with Crippen molar-refractivity contribution in [2.24, 2.45) is 0 Å². The number of nitrogens with one attached hydrogen (secondary N) is 1. The molecule has 0 bridgehead atoms. The highest BCUT2D eigenvalue weighted by Crippen LogP contribution is 2.18. The van der Waals surface area contributed by atoms with Crippen LogP contribution in [0.3, 0.4) is 0 Å². The molecule has 0 saturated carbocycles. The van der Waals surface area contributed by atoms with Gasteiger partial charge in [0.2, 0.25) is 0 Å². The zero-order chi connectivity index (χ0) is 13.3. The lowest BCUT2D eigenvalue weighted by Gasteiger charge is -2.34. The van der Waals surface area contributed by atoms with E-state index in [9.17, 15) is 0 Å². The largest absolute Gasteiger partial charge is 0.385 e. The predicted molar refractivity (Wildman–Crippen MR) is 78.6 cm³/mol. The summed E-state index contributed by atoms with van der Waals surface area (Å²) in [5.41, 5.74) is 1.30. The molecule has 0 unspecified atom stereocenters. The van der Waals surface area contributed by atoms with E-state index in [1.54, 1.807) is 7.11 Å². The minimum Gasteiger partial charge on any atom is -0.385 e. The highest BCUT2D eigenvalue weighted by Gasteiger charge is 2.18. The maximum absolute atomic E-state index is 5.06. The monoisotopic (exact) mass is 263 g/mol. The first-order valence-corrected chi connectivity index (χ1v) is 7.27. The number of anilines is 1. The molecule has 0 aliphatic carbocycles. The minimum atomic E-state index is 0.681. The fraction of sp³-hybridized carbons (Fsp3) is 0.667. The summed E-state index contributed by atoms with van der Waals surface area (Å²) in [4.78, 5) is 6.52. The smallest absolute Gasteiger partial charge is 0.0462 e. The molecule has 0 aromatic carbocycles. The molecule has 1 aromatic rings. The second kappa shape index (κ2) is 8.12. The zero-order valence-corrected chi connectivity index (χ0v) is 11.8. The van der Waals surface area contributed by atoms with Crippen LogP contribution in [0.25, 0.3) is 0 Å². The molecule has 1 aliphatic heterocycles. The highest BCUT2D eigenvalue weighted by molar-refractivity contribution is 5.44. The number of hydrogen-bond donors (Lipinski definition) is 1. The van der Waals surface area contributed by atoms with Crippen molar-refractivity contribution in [2.45, 2.75) is 31.7 Å². The summed E-state index contributed by atoms with van der Waals surface area (Å²) in [5.74, 6) is 0. The minimum absolute atomic E-state index is 0.681. The van der Waals surface area contributed by atoms with Crippen molar-refractivity contribution in [1.29, 1.82) is 0 Å². The van der Waals surface area contributed by atoms with Crippen LogP contribution >= 0.6 is 0 Å². The lowest BCUT2D eigenvalue weighted by molar-refractivity contribution is 0.192. The molecule has 2 rings (SSSR count). The molecule has 4 nitrogen and oxygen atoms in total. The second-order valence-corrected chi connectivity index (χ2v) is 5.12. The third-order valence-electron chi connectivity index (χ3n) is 3.73. The van der Waals surface area contributed by atoms with Gasteiger partial charge in [-0.05, 0) is 44.4 Å². The van der Waals surface area contributed by atoms with Gasteiger partial charge in [0.15, 0.2) is 0 Å². The molecule has 1 aliphatic rings. The third kappa shape index (κ3) is 4.80. The standard InChI is InChI=1S/C15H25N3O/c1-19-13-3-2-8-17-14-6-11-18(12-7-14)15-4-9-16-10-5-15/h4-5,9-10,14,17H,2-3,6-8,11-13H2,1H3. The van der Waals surface area contributed by atoms with Gasteiger partial charge in [0, 0.05) is 50.9 Å². The molecule has 1 N–H and O–H groups in total. The highest BCUT2D eigenvalue weighted by atomic mass is 16.5.